The van der Waals surface area contributed by atoms with Crippen LogP contribution in [0.1, 0.15) is 32.6 Å². The van der Waals surface area contributed by atoms with E-state index in [0.29, 0.717) is 0 Å². The van der Waals surface area contributed by atoms with E-state index in [1.165, 1.54) is 52.2 Å². The molecule has 0 fully saturated rings. The van der Waals surface area contributed by atoms with Gasteiger partial charge in [-0.3, -0.25) is 0 Å². The second kappa shape index (κ2) is 7.89. The Hall–Kier alpha value is -3.07. The van der Waals surface area contributed by atoms with E-state index in [-0.39, 0.29) is 0 Å². The number of nitrogens with zero attached hydrogens (tertiary/aromatic N) is 1. The Balaban J connectivity index is 2.06. The minimum atomic E-state index is 0.789. The van der Waals surface area contributed by atoms with Crippen LogP contribution < -0.4 is 16.0 Å². The highest BCUT2D eigenvalue weighted by Crippen LogP contribution is 2.33. The van der Waals surface area contributed by atoms with Gasteiger partial charge in [-0.15, -0.1) is 0 Å². The lowest BCUT2D eigenvalue weighted by molar-refractivity contribution is -0.659. The minimum absolute atomic E-state index is 0.789. The van der Waals surface area contributed by atoms with Crippen molar-refractivity contribution in [1.82, 2.24) is 0 Å². The molecule has 0 aliphatic heterocycles. The summed E-state index contributed by atoms with van der Waals surface area (Å²) in [4.78, 5) is 0. The molecule has 142 valence electrons. The first-order valence-corrected chi connectivity index (χ1v) is 10.2. The Morgan fingerprint density at radius 3 is 2.18 bits per heavy atom. The summed E-state index contributed by atoms with van der Waals surface area (Å²) in [5, 5.41) is 3.63. The fraction of sp³-hybridized carbons (Fsp3) is 0.240. The molecule has 0 bridgehead atoms. The van der Waals surface area contributed by atoms with Crippen molar-refractivity contribution in [2.75, 3.05) is 11.5 Å². The van der Waals surface area contributed by atoms with Crippen LogP contribution >= 0.6 is 0 Å². The zero-order valence-corrected chi connectivity index (χ0v) is 16.5. The third-order valence-electron chi connectivity index (χ3n) is 5.45. The first-order chi connectivity index (χ1) is 13.7. The van der Waals surface area contributed by atoms with E-state index in [4.69, 9.17) is 11.5 Å². The maximum atomic E-state index is 6.20. The van der Waals surface area contributed by atoms with Gasteiger partial charge in [0.05, 0.1) is 10.8 Å². The molecule has 0 spiro atoms. The first kappa shape index (κ1) is 18.3. The van der Waals surface area contributed by atoms with Crippen molar-refractivity contribution in [3.8, 4) is 11.3 Å². The van der Waals surface area contributed by atoms with Gasteiger partial charge in [-0.25, -0.2) is 0 Å². The largest absolute Gasteiger partial charge is 0.399 e. The van der Waals surface area contributed by atoms with E-state index in [1.54, 1.807) is 0 Å². The molecule has 0 aliphatic carbocycles. The Labute approximate surface area is 166 Å². The van der Waals surface area contributed by atoms with Crippen molar-refractivity contribution in [2.45, 2.75) is 39.2 Å². The Morgan fingerprint density at radius 1 is 0.714 bits per heavy atom. The number of anilines is 2. The molecule has 0 unspecified atom stereocenters. The number of aromatic nitrogens is 1. The lowest BCUT2D eigenvalue weighted by atomic mass is 9.98. The minimum Gasteiger partial charge on any atom is -0.399 e. The van der Waals surface area contributed by atoms with Crippen molar-refractivity contribution in [3.63, 3.8) is 0 Å². The van der Waals surface area contributed by atoms with Gasteiger partial charge in [0, 0.05) is 34.8 Å². The predicted molar refractivity (Wildman–Crippen MR) is 120 cm³/mol. The Bertz CT molecular complexity index is 1120. The summed E-state index contributed by atoms with van der Waals surface area (Å²) in [7, 11) is 0. The van der Waals surface area contributed by atoms with Crippen LogP contribution in [-0.2, 0) is 6.54 Å². The SMILES string of the molecule is CCCCCC[n+]1c(-c2ccccc2)c2cc(N)ccc2c2ccc(N)cc21. The molecule has 4 N–H and O–H groups in total. The van der Waals surface area contributed by atoms with Gasteiger partial charge >= 0.3 is 0 Å². The van der Waals surface area contributed by atoms with Gasteiger partial charge in [-0.05, 0) is 42.8 Å². The topological polar surface area (TPSA) is 55.9 Å². The van der Waals surface area contributed by atoms with Crippen molar-refractivity contribution < 1.29 is 4.57 Å². The number of aryl methyl sites for hydroxylation is 1. The molecule has 0 radical (unpaired) electrons. The van der Waals surface area contributed by atoms with Gasteiger partial charge in [-0.2, -0.15) is 4.57 Å². The maximum Gasteiger partial charge on any atom is 0.220 e. The van der Waals surface area contributed by atoms with E-state index in [9.17, 15) is 0 Å². The van der Waals surface area contributed by atoms with Crippen LogP contribution in [0.15, 0.2) is 66.7 Å². The number of pyridine rings is 1. The summed E-state index contributed by atoms with van der Waals surface area (Å²) in [6.07, 6.45) is 4.88. The van der Waals surface area contributed by atoms with Crippen molar-refractivity contribution in [3.05, 3.63) is 66.7 Å². The fourth-order valence-corrected chi connectivity index (χ4v) is 4.09. The first-order valence-electron chi connectivity index (χ1n) is 10.2. The van der Waals surface area contributed by atoms with Crippen LogP contribution in [0.4, 0.5) is 11.4 Å². The normalized spacial score (nSPS) is 11.3. The fourth-order valence-electron chi connectivity index (χ4n) is 4.09. The number of benzene rings is 3. The van der Waals surface area contributed by atoms with Crippen LogP contribution in [0.3, 0.4) is 0 Å². The molecule has 3 aromatic carbocycles. The number of nitrogen functional groups attached to an aromatic ring is 2. The highest BCUT2D eigenvalue weighted by atomic mass is 15.0. The van der Waals surface area contributed by atoms with Gasteiger partial charge in [0.25, 0.3) is 0 Å². The molecule has 0 saturated heterocycles. The molecule has 0 amide bonds. The Morgan fingerprint density at radius 2 is 1.43 bits per heavy atom. The summed E-state index contributed by atoms with van der Waals surface area (Å²) in [6.45, 7) is 3.21. The number of hydrogen-bond donors (Lipinski definition) is 2. The Kier molecular flexibility index (Phi) is 5.16. The molecule has 1 aromatic heterocycles. The predicted octanol–water partition coefficient (Wildman–Crippen LogP) is 5.69. The van der Waals surface area contributed by atoms with Gasteiger partial charge in [0.15, 0.2) is 0 Å². The quantitative estimate of drug-likeness (QED) is 0.198. The summed E-state index contributed by atoms with van der Waals surface area (Å²) in [5.41, 5.74) is 17.6. The second-order valence-corrected chi connectivity index (χ2v) is 7.51. The van der Waals surface area contributed by atoms with Crippen LogP contribution in [-0.4, -0.2) is 0 Å². The average molecular weight is 371 g/mol. The molecule has 3 heteroatoms. The number of unbranched alkanes of at least 4 members (excludes halogenated alkanes) is 3. The molecule has 3 nitrogen and oxygen atoms in total. The van der Waals surface area contributed by atoms with E-state index < -0.39 is 0 Å². The molecule has 0 aliphatic rings. The van der Waals surface area contributed by atoms with E-state index in [2.05, 4.69) is 66.1 Å². The lowest BCUT2D eigenvalue weighted by Gasteiger charge is -2.13. The van der Waals surface area contributed by atoms with E-state index in [1.807, 2.05) is 12.1 Å². The molecular weight excluding hydrogens is 342 g/mol. The van der Waals surface area contributed by atoms with Crippen LogP contribution in [0, 0.1) is 0 Å². The summed E-state index contributed by atoms with van der Waals surface area (Å²) in [5.74, 6) is 0. The van der Waals surface area contributed by atoms with Crippen LogP contribution in [0.5, 0.6) is 0 Å². The third-order valence-corrected chi connectivity index (χ3v) is 5.45. The van der Waals surface area contributed by atoms with Crippen molar-refractivity contribution in [2.24, 2.45) is 0 Å². The zero-order valence-electron chi connectivity index (χ0n) is 16.5. The van der Waals surface area contributed by atoms with Gasteiger partial charge in [0.1, 0.15) is 6.54 Å². The standard InChI is InChI=1S/C25H27N3/c1-2-3-4-8-15-28-24-17-20(27)12-14-22(24)21-13-11-19(26)16-23(21)25(28)18-9-6-5-7-10-18/h5-7,9-14,16-17,27H,2-4,8,15,26H2,1H3/p+1. The summed E-state index contributed by atoms with van der Waals surface area (Å²) in [6, 6.07) is 23.1. The molecule has 1 heterocycles. The highest BCUT2D eigenvalue weighted by Gasteiger charge is 2.23. The molecule has 0 atom stereocenters. The highest BCUT2D eigenvalue weighted by molar-refractivity contribution is 6.10. The average Bonchev–Trinajstić information content (AvgIpc) is 2.71. The maximum absolute atomic E-state index is 6.20. The molecule has 0 saturated carbocycles. The van der Waals surface area contributed by atoms with Gasteiger partial charge < -0.3 is 11.5 Å². The third kappa shape index (κ3) is 3.40. The number of hydrogen-bond acceptors (Lipinski definition) is 2. The monoisotopic (exact) mass is 370 g/mol. The summed E-state index contributed by atoms with van der Waals surface area (Å²) < 4.78 is 2.44. The lowest BCUT2D eigenvalue weighted by Crippen LogP contribution is -2.37. The molecule has 4 aromatic rings. The number of rotatable bonds is 6. The van der Waals surface area contributed by atoms with Crippen molar-refractivity contribution >= 4 is 33.1 Å². The van der Waals surface area contributed by atoms with E-state index in [0.717, 1.165) is 24.3 Å². The van der Waals surface area contributed by atoms with Crippen LogP contribution in [0.2, 0.25) is 0 Å². The number of nitrogens with two attached hydrogens (primary N) is 2. The van der Waals surface area contributed by atoms with Gasteiger partial charge in [0.2, 0.25) is 11.2 Å². The number of fused-ring (bicyclic) bond motifs is 3. The van der Waals surface area contributed by atoms with Gasteiger partial charge in [-0.1, -0.05) is 44.0 Å². The molecular formula is C25H28N3+. The molecule has 28 heavy (non-hydrogen) atoms. The zero-order chi connectivity index (χ0) is 19.5. The second-order valence-electron chi connectivity index (χ2n) is 7.51. The summed E-state index contributed by atoms with van der Waals surface area (Å²) >= 11 is 0. The smallest absolute Gasteiger partial charge is 0.220 e. The van der Waals surface area contributed by atoms with Crippen molar-refractivity contribution in [1.29, 1.82) is 0 Å². The molecule has 4 rings (SSSR count). The van der Waals surface area contributed by atoms with E-state index >= 15 is 0 Å². The van der Waals surface area contributed by atoms with Crippen LogP contribution in [0.25, 0.3) is 32.9 Å².